The highest BCUT2D eigenvalue weighted by molar-refractivity contribution is 7.89. The van der Waals surface area contributed by atoms with E-state index in [-0.39, 0.29) is 47.9 Å². The van der Waals surface area contributed by atoms with E-state index in [4.69, 9.17) is 4.74 Å². The van der Waals surface area contributed by atoms with E-state index in [0.29, 0.717) is 18.4 Å². The molecule has 1 amide bonds. The summed E-state index contributed by atoms with van der Waals surface area (Å²) in [5.74, 6) is -0.503. The van der Waals surface area contributed by atoms with Gasteiger partial charge in [-0.15, -0.1) is 0 Å². The summed E-state index contributed by atoms with van der Waals surface area (Å²) in [6.07, 6.45) is 3.57. The monoisotopic (exact) mass is 455 g/mol. The number of aromatic nitrogens is 1. The molecule has 1 aliphatic heterocycles. The number of rotatable bonds is 8. The van der Waals surface area contributed by atoms with E-state index in [2.05, 4.69) is 15.0 Å². The predicted octanol–water partition coefficient (Wildman–Crippen LogP) is 2.41. The fourth-order valence-electron chi connectivity index (χ4n) is 3.36. The van der Waals surface area contributed by atoms with Crippen LogP contribution >= 0.6 is 0 Å². The van der Waals surface area contributed by atoms with E-state index < -0.39 is 16.6 Å². The third-order valence-electron chi connectivity index (χ3n) is 5.01. The summed E-state index contributed by atoms with van der Waals surface area (Å²) in [7, 11) is -2.29. The number of methoxy groups -OCH3 is 1. The Kier molecular flexibility index (Phi) is 7.39. The van der Waals surface area contributed by atoms with Gasteiger partial charge >= 0.3 is 6.61 Å². The average Bonchev–Trinajstić information content (AvgIpc) is 2.78. The molecule has 11 heteroatoms. The molecule has 0 saturated carbocycles. The lowest BCUT2D eigenvalue weighted by atomic mass is 9.97. The number of hydrogen-bond donors (Lipinski definition) is 1. The number of amides is 1. The second kappa shape index (κ2) is 10.0. The van der Waals surface area contributed by atoms with Crippen LogP contribution in [0.2, 0.25) is 0 Å². The maximum absolute atomic E-state index is 12.6. The van der Waals surface area contributed by atoms with Gasteiger partial charge in [-0.3, -0.25) is 9.78 Å². The number of pyridine rings is 1. The van der Waals surface area contributed by atoms with Crippen LogP contribution in [0.25, 0.3) is 0 Å². The number of carbonyl (C=O) groups is 1. The summed E-state index contributed by atoms with van der Waals surface area (Å²) in [6, 6.07) is 7.56. The molecule has 0 bridgehead atoms. The molecule has 1 fully saturated rings. The largest absolute Gasteiger partial charge is 0.493 e. The number of halogens is 2. The van der Waals surface area contributed by atoms with Crippen molar-refractivity contribution in [2.24, 2.45) is 5.92 Å². The number of piperidine rings is 1. The van der Waals surface area contributed by atoms with Crippen LogP contribution in [0.3, 0.4) is 0 Å². The number of carbonyl (C=O) groups excluding carboxylic acids is 1. The molecule has 1 aromatic carbocycles. The van der Waals surface area contributed by atoms with Crippen LogP contribution in [0.5, 0.6) is 11.5 Å². The van der Waals surface area contributed by atoms with Crippen molar-refractivity contribution in [3.8, 4) is 11.5 Å². The van der Waals surface area contributed by atoms with Gasteiger partial charge in [-0.25, -0.2) is 8.42 Å². The summed E-state index contributed by atoms with van der Waals surface area (Å²) in [5, 5.41) is 2.77. The predicted molar refractivity (Wildman–Crippen MR) is 107 cm³/mol. The minimum Gasteiger partial charge on any atom is -0.493 e. The highest BCUT2D eigenvalue weighted by atomic mass is 32.2. The summed E-state index contributed by atoms with van der Waals surface area (Å²) < 4.78 is 61.2. The Morgan fingerprint density at radius 1 is 1.26 bits per heavy atom. The first-order valence-electron chi connectivity index (χ1n) is 9.61. The van der Waals surface area contributed by atoms with Gasteiger partial charge in [0, 0.05) is 37.9 Å². The molecule has 0 radical (unpaired) electrons. The van der Waals surface area contributed by atoms with Crippen LogP contribution in [0.15, 0.2) is 47.6 Å². The maximum Gasteiger partial charge on any atom is 0.387 e. The van der Waals surface area contributed by atoms with Gasteiger partial charge in [0.2, 0.25) is 15.9 Å². The first kappa shape index (κ1) is 22.9. The van der Waals surface area contributed by atoms with E-state index >= 15 is 0 Å². The van der Waals surface area contributed by atoms with Crippen molar-refractivity contribution < 1.29 is 31.5 Å². The number of ether oxygens (including phenoxy) is 2. The lowest BCUT2D eigenvalue weighted by Gasteiger charge is -2.30. The quantitative estimate of drug-likeness (QED) is 0.657. The van der Waals surface area contributed by atoms with Gasteiger partial charge in [0.05, 0.1) is 7.11 Å². The summed E-state index contributed by atoms with van der Waals surface area (Å²) >= 11 is 0. The van der Waals surface area contributed by atoms with E-state index in [1.807, 2.05) is 0 Å². The highest BCUT2D eigenvalue weighted by Gasteiger charge is 2.32. The summed E-state index contributed by atoms with van der Waals surface area (Å²) in [5.41, 5.74) is 0.571. The Hall–Kier alpha value is -2.79. The maximum atomic E-state index is 12.6. The van der Waals surface area contributed by atoms with Crippen molar-refractivity contribution in [3.05, 3.63) is 48.3 Å². The molecule has 3 rings (SSSR count). The fourth-order valence-corrected chi connectivity index (χ4v) is 4.79. The first-order chi connectivity index (χ1) is 14.8. The molecule has 8 nitrogen and oxygen atoms in total. The van der Waals surface area contributed by atoms with Crippen molar-refractivity contribution in [2.45, 2.75) is 30.9 Å². The Morgan fingerprint density at radius 2 is 2.00 bits per heavy atom. The first-order valence-corrected chi connectivity index (χ1v) is 11.0. The third-order valence-corrected chi connectivity index (χ3v) is 6.89. The van der Waals surface area contributed by atoms with Crippen molar-refractivity contribution >= 4 is 15.9 Å². The number of hydrogen-bond acceptors (Lipinski definition) is 6. The molecule has 1 saturated heterocycles. The third kappa shape index (κ3) is 5.67. The standard InChI is InChI=1S/C20H23F2N3O5S/c1-29-17-5-4-14(11-18(17)30-20(21)22)12-24-19(26)15-6-9-25(10-7-15)31(27,28)16-3-2-8-23-13-16/h2-5,8,11,13,15,20H,6-7,9-10,12H2,1H3,(H,24,26). The van der Waals surface area contributed by atoms with E-state index in [1.165, 1.54) is 42.0 Å². The molecule has 1 N–H and O–H groups in total. The number of nitrogens with zero attached hydrogens (tertiary/aromatic N) is 2. The van der Waals surface area contributed by atoms with Crippen LogP contribution in [0, 0.1) is 5.92 Å². The summed E-state index contributed by atoms with van der Waals surface area (Å²) in [6.45, 7) is -2.42. The van der Waals surface area contributed by atoms with Crippen LogP contribution in [0.4, 0.5) is 8.78 Å². The zero-order valence-corrected chi connectivity index (χ0v) is 17.6. The van der Waals surface area contributed by atoms with Crippen molar-refractivity contribution in [2.75, 3.05) is 20.2 Å². The number of alkyl halides is 2. The topological polar surface area (TPSA) is 97.8 Å². The molecule has 2 aromatic rings. The van der Waals surface area contributed by atoms with Gasteiger partial charge in [-0.05, 0) is 42.7 Å². The van der Waals surface area contributed by atoms with Crippen molar-refractivity contribution in [1.82, 2.24) is 14.6 Å². The minimum absolute atomic E-state index is 0.113. The minimum atomic E-state index is -3.64. The Morgan fingerprint density at radius 3 is 2.61 bits per heavy atom. The number of benzene rings is 1. The SMILES string of the molecule is COc1ccc(CNC(=O)C2CCN(S(=O)(=O)c3cccnc3)CC2)cc1OC(F)F. The van der Waals surface area contributed by atoms with Crippen molar-refractivity contribution in [3.63, 3.8) is 0 Å². The van der Waals surface area contributed by atoms with Crippen molar-refractivity contribution in [1.29, 1.82) is 0 Å². The molecule has 2 heterocycles. The van der Waals surface area contributed by atoms with Crippen LogP contribution in [-0.2, 0) is 21.4 Å². The fraction of sp³-hybridized carbons (Fsp3) is 0.400. The lowest BCUT2D eigenvalue weighted by molar-refractivity contribution is -0.126. The second-order valence-electron chi connectivity index (χ2n) is 6.95. The van der Waals surface area contributed by atoms with Gasteiger partial charge < -0.3 is 14.8 Å². The number of nitrogens with one attached hydrogen (secondary N) is 1. The van der Waals surface area contributed by atoms with Gasteiger partial charge in [-0.2, -0.15) is 13.1 Å². The van der Waals surface area contributed by atoms with Crippen LogP contribution < -0.4 is 14.8 Å². The van der Waals surface area contributed by atoms with E-state index in [1.54, 1.807) is 12.1 Å². The molecule has 0 spiro atoms. The Balaban J connectivity index is 1.55. The van der Waals surface area contributed by atoms with Crippen LogP contribution in [0.1, 0.15) is 18.4 Å². The lowest BCUT2D eigenvalue weighted by Crippen LogP contribution is -2.42. The van der Waals surface area contributed by atoms with E-state index in [0.717, 1.165) is 0 Å². The molecular weight excluding hydrogens is 432 g/mol. The molecule has 1 aliphatic rings. The molecule has 0 unspecified atom stereocenters. The van der Waals surface area contributed by atoms with Gasteiger partial charge in [-0.1, -0.05) is 6.07 Å². The normalized spacial score (nSPS) is 15.6. The van der Waals surface area contributed by atoms with Gasteiger partial charge in [0.15, 0.2) is 11.5 Å². The highest BCUT2D eigenvalue weighted by Crippen LogP contribution is 2.29. The molecule has 1 aromatic heterocycles. The molecular formula is C20H23F2N3O5S. The zero-order valence-electron chi connectivity index (χ0n) is 16.8. The van der Waals surface area contributed by atoms with E-state index in [9.17, 15) is 22.0 Å². The number of sulfonamides is 1. The molecule has 31 heavy (non-hydrogen) atoms. The summed E-state index contributed by atoms with van der Waals surface area (Å²) in [4.78, 5) is 16.5. The Labute approximate surface area is 179 Å². The molecule has 0 aliphatic carbocycles. The second-order valence-corrected chi connectivity index (χ2v) is 8.89. The molecule has 168 valence electrons. The van der Waals surface area contributed by atoms with Gasteiger partial charge in [0.25, 0.3) is 0 Å². The molecule has 0 atom stereocenters. The smallest absolute Gasteiger partial charge is 0.387 e. The Bertz CT molecular complexity index is 997. The van der Waals surface area contributed by atoms with Gasteiger partial charge in [0.1, 0.15) is 4.90 Å². The van der Waals surface area contributed by atoms with Crippen LogP contribution in [-0.4, -0.2) is 50.4 Å². The average molecular weight is 455 g/mol. The zero-order chi connectivity index (χ0) is 22.4.